The molecule has 1 heterocycles. The number of unbranched alkanes of at least 4 members (excludes halogenated alkanes) is 48. The van der Waals surface area contributed by atoms with Crippen molar-refractivity contribution < 1.29 is 50.0 Å². The Morgan fingerprint density at radius 1 is 0.425 bits per heavy atom. The zero-order chi connectivity index (χ0) is 58.2. The zero-order valence-electron chi connectivity index (χ0n) is 52.6. The summed E-state index contributed by atoms with van der Waals surface area (Å²) in [5.74, 6) is -0.698. The van der Waals surface area contributed by atoms with Gasteiger partial charge in [0.2, 0.25) is 5.91 Å². The number of hydrogen-bond donors (Lipinski definition) is 8. The van der Waals surface area contributed by atoms with E-state index in [0.29, 0.717) is 12.8 Å². The Morgan fingerprint density at radius 3 is 1.07 bits per heavy atom. The Bertz CT molecular complexity index is 1310. The highest BCUT2D eigenvalue weighted by molar-refractivity contribution is 5.80. The predicted molar refractivity (Wildman–Crippen MR) is 335 cm³/mol. The Kier molecular flexibility index (Phi) is 56.0. The minimum atomic E-state index is -1.67. The highest BCUT2D eigenvalue weighted by Gasteiger charge is 2.44. The van der Waals surface area contributed by atoms with Crippen molar-refractivity contribution in [3.8, 4) is 0 Å². The fraction of sp³-hybridized carbons (Fsp3) is 0.957. The minimum Gasteiger partial charge on any atom is -0.394 e. The highest BCUT2D eigenvalue weighted by atomic mass is 16.7. The maximum Gasteiger partial charge on any atom is 0.249 e. The first kappa shape index (κ1) is 76.9. The Hall–Kier alpha value is -1.15. The number of amides is 1. The van der Waals surface area contributed by atoms with Crippen molar-refractivity contribution in [3.63, 3.8) is 0 Å². The average Bonchev–Trinajstić information content (AvgIpc) is 3.47. The second-order valence-electron chi connectivity index (χ2n) is 25.0. The molecule has 80 heavy (non-hydrogen) atoms. The monoisotopic (exact) mass is 1140 g/mol. The van der Waals surface area contributed by atoms with Gasteiger partial charge in [-0.15, -0.1) is 0 Å². The van der Waals surface area contributed by atoms with Crippen molar-refractivity contribution in [2.24, 2.45) is 0 Å². The molecule has 0 aromatic heterocycles. The van der Waals surface area contributed by atoms with Gasteiger partial charge in [0.25, 0.3) is 0 Å². The third-order valence-electron chi connectivity index (χ3n) is 17.3. The van der Waals surface area contributed by atoms with Gasteiger partial charge in [0.1, 0.15) is 36.6 Å². The Balaban J connectivity index is 2.21. The van der Waals surface area contributed by atoms with E-state index in [4.69, 9.17) is 9.47 Å². The van der Waals surface area contributed by atoms with Gasteiger partial charge in [0, 0.05) is 0 Å². The van der Waals surface area contributed by atoms with E-state index < -0.39 is 74.2 Å². The number of carbonyl (C=O) groups excluding carboxylic acids is 1. The molecule has 1 rings (SSSR count). The topological polar surface area (TPSA) is 189 Å². The SMILES string of the molecule is CCCCCCCCCCCCCCCCCCCCCCCCC/C=C/CCCC(O)C(O)C(COC1OC(CO)C(O)C(O)C1O)NC(=O)C(O)CCCCCCCCCCCCCCCCCCCCCCCCCCC. The van der Waals surface area contributed by atoms with Gasteiger partial charge < -0.3 is 50.5 Å². The largest absolute Gasteiger partial charge is 0.394 e. The summed E-state index contributed by atoms with van der Waals surface area (Å²) in [6.45, 7) is 3.51. The fourth-order valence-electron chi connectivity index (χ4n) is 11.7. The lowest BCUT2D eigenvalue weighted by molar-refractivity contribution is -0.303. The summed E-state index contributed by atoms with van der Waals surface area (Å²) in [5, 5.41) is 76.5. The Labute approximate surface area is 493 Å². The van der Waals surface area contributed by atoms with Gasteiger partial charge in [-0.05, 0) is 38.5 Å². The van der Waals surface area contributed by atoms with Crippen LogP contribution in [0, 0.1) is 0 Å². The molecule has 11 nitrogen and oxygen atoms in total. The van der Waals surface area contributed by atoms with Crippen molar-refractivity contribution in [2.45, 2.75) is 409 Å². The number of nitrogens with one attached hydrogen (secondary N) is 1. The third-order valence-corrected chi connectivity index (χ3v) is 17.3. The molecule has 9 unspecified atom stereocenters. The molecule has 0 bridgehead atoms. The van der Waals surface area contributed by atoms with Crippen molar-refractivity contribution in [1.29, 1.82) is 0 Å². The van der Waals surface area contributed by atoms with Crippen LogP contribution in [0.3, 0.4) is 0 Å². The van der Waals surface area contributed by atoms with E-state index in [1.807, 2.05) is 0 Å². The molecule has 0 radical (unpaired) electrons. The molecule has 11 heteroatoms. The van der Waals surface area contributed by atoms with E-state index in [9.17, 15) is 40.5 Å². The van der Waals surface area contributed by atoms with Gasteiger partial charge in [0.15, 0.2) is 6.29 Å². The second-order valence-corrected chi connectivity index (χ2v) is 25.0. The van der Waals surface area contributed by atoms with E-state index in [0.717, 1.165) is 32.1 Å². The van der Waals surface area contributed by atoms with Gasteiger partial charge in [0.05, 0.1) is 25.4 Å². The van der Waals surface area contributed by atoms with E-state index in [1.54, 1.807) is 0 Å². The zero-order valence-corrected chi connectivity index (χ0v) is 52.6. The standard InChI is InChI=1S/C69H135NO10/c1-3-5-7-9-11-13-15-17-19-21-23-25-27-29-30-31-33-34-36-38-40-42-44-46-48-50-52-54-56-61(72)64(74)60(59-79-69-67(77)66(76)65(75)63(58-71)80-69)70-68(78)62(73)57-55-53-51-49-47-45-43-41-39-37-35-32-28-26-24-22-20-18-16-14-12-10-8-6-4-2/h48,50,60-67,69,71-77H,3-47,49,51-59H2,1-2H3,(H,70,78)/b50-48+. The number of carbonyl (C=O) groups is 1. The van der Waals surface area contributed by atoms with Crippen molar-refractivity contribution >= 4 is 5.91 Å². The fourth-order valence-corrected chi connectivity index (χ4v) is 11.7. The number of rotatable bonds is 62. The van der Waals surface area contributed by atoms with Crippen LogP contribution in [0.25, 0.3) is 0 Å². The van der Waals surface area contributed by atoms with Gasteiger partial charge in [-0.1, -0.05) is 328 Å². The molecule has 1 aliphatic rings. The smallest absolute Gasteiger partial charge is 0.249 e. The first-order valence-corrected chi connectivity index (χ1v) is 35.1. The number of allylic oxidation sites excluding steroid dienone is 2. The van der Waals surface area contributed by atoms with Crippen LogP contribution in [0.2, 0.25) is 0 Å². The lowest BCUT2D eigenvalue weighted by Crippen LogP contribution is -2.60. The quantitative estimate of drug-likeness (QED) is 0.0215. The third kappa shape index (κ3) is 45.2. The minimum absolute atomic E-state index is 0.260. The van der Waals surface area contributed by atoms with Crippen LogP contribution in [-0.4, -0.2) is 110 Å². The number of aliphatic hydroxyl groups is 7. The molecular formula is C69H135NO10. The molecule has 1 amide bonds. The maximum atomic E-state index is 13.2. The molecular weight excluding hydrogens is 1000 g/mol. The van der Waals surface area contributed by atoms with Gasteiger partial charge in [-0.3, -0.25) is 4.79 Å². The Morgan fingerprint density at radius 2 is 0.738 bits per heavy atom. The summed E-state index contributed by atoms with van der Waals surface area (Å²) < 4.78 is 11.2. The van der Waals surface area contributed by atoms with Crippen LogP contribution in [0.15, 0.2) is 12.2 Å². The molecule has 0 aromatic carbocycles. The van der Waals surface area contributed by atoms with Crippen molar-refractivity contribution in [1.82, 2.24) is 5.32 Å². The van der Waals surface area contributed by atoms with Crippen LogP contribution in [0.5, 0.6) is 0 Å². The normalized spacial score (nSPS) is 19.2. The van der Waals surface area contributed by atoms with E-state index in [-0.39, 0.29) is 12.8 Å². The van der Waals surface area contributed by atoms with Crippen LogP contribution in [-0.2, 0) is 14.3 Å². The van der Waals surface area contributed by atoms with Crippen LogP contribution in [0.4, 0.5) is 0 Å². The molecule has 1 fully saturated rings. The first-order valence-electron chi connectivity index (χ1n) is 35.1. The molecule has 1 aliphatic heterocycles. The first-order chi connectivity index (χ1) is 39.2. The maximum absolute atomic E-state index is 13.2. The summed E-state index contributed by atoms with van der Waals surface area (Å²) in [4.78, 5) is 13.2. The number of hydrogen-bond acceptors (Lipinski definition) is 10. The summed E-state index contributed by atoms with van der Waals surface area (Å²) in [6.07, 6.45) is 60.1. The predicted octanol–water partition coefficient (Wildman–Crippen LogP) is 16.6. The van der Waals surface area contributed by atoms with Gasteiger partial charge in [-0.25, -0.2) is 0 Å². The number of aliphatic hydroxyl groups excluding tert-OH is 7. The molecule has 476 valence electrons. The molecule has 0 saturated carbocycles. The summed E-state index contributed by atoms with van der Waals surface area (Å²) in [5.41, 5.74) is 0. The van der Waals surface area contributed by atoms with Crippen LogP contribution < -0.4 is 5.32 Å². The molecule has 0 aromatic rings. The van der Waals surface area contributed by atoms with E-state index >= 15 is 0 Å². The second kappa shape index (κ2) is 58.2. The van der Waals surface area contributed by atoms with Gasteiger partial charge in [-0.2, -0.15) is 0 Å². The average molecular weight is 1140 g/mol. The van der Waals surface area contributed by atoms with Crippen molar-refractivity contribution in [3.05, 3.63) is 12.2 Å². The summed E-state index contributed by atoms with van der Waals surface area (Å²) >= 11 is 0. The lowest BCUT2D eigenvalue weighted by Gasteiger charge is -2.40. The van der Waals surface area contributed by atoms with Crippen LogP contribution >= 0.6 is 0 Å². The van der Waals surface area contributed by atoms with Crippen LogP contribution in [0.1, 0.15) is 354 Å². The van der Waals surface area contributed by atoms with E-state index in [1.165, 1.54) is 283 Å². The number of ether oxygens (including phenoxy) is 2. The summed E-state index contributed by atoms with van der Waals surface area (Å²) in [7, 11) is 0. The molecule has 8 N–H and O–H groups in total. The van der Waals surface area contributed by atoms with E-state index in [2.05, 4.69) is 31.3 Å². The van der Waals surface area contributed by atoms with Crippen molar-refractivity contribution in [2.75, 3.05) is 13.2 Å². The molecule has 0 aliphatic carbocycles. The molecule has 1 saturated heterocycles. The lowest BCUT2D eigenvalue weighted by atomic mass is 9.98. The highest BCUT2D eigenvalue weighted by Crippen LogP contribution is 2.24. The summed E-state index contributed by atoms with van der Waals surface area (Å²) in [6, 6.07) is -1.18. The molecule has 0 spiro atoms. The van der Waals surface area contributed by atoms with Gasteiger partial charge >= 0.3 is 0 Å². The molecule has 9 atom stereocenters.